The number of aromatic nitrogens is 1. The lowest BCUT2D eigenvalue weighted by atomic mass is 10.1. The Balaban J connectivity index is 2.11. The minimum atomic E-state index is -0.167. The number of carbonyl (C=O) groups is 1. The van der Waals surface area contributed by atoms with E-state index in [1.807, 2.05) is 31.2 Å². The standard InChI is InChI=1S/C15H16N2O2/c1-11-6-3-4-7-13(11)10-19-14-8-5-9-16-15(14)17-12(2)18/h3-9H,10H2,1-2H3,(H,16,17,18). The largest absolute Gasteiger partial charge is 0.485 e. The number of carbonyl (C=O) groups excluding carboxylic acids is 1. The van der Waals surface area contributed by atoms with Gasteiger partial charge in [0.25, 0.3) is 0 Å². The number of benzene rings is 1. The van der Waals surface area contributed by atoms with Crippen molar-refractivity contribution in [1.29, 1.82) is 0 Å². The van der Waals surface area contributed by atoms with Crippen molar-refractivity contribution in [1.82, 2.24) is 4.98 Å². The van der Waals surface area contributed by atoms with Crippen LogP contribution in [-0.2, 0) is 11.4 Å². The molecule has 4 nitrogen and oxygen atoms in total. The van der Waals surface area contributed by atoms with Gasteiger partial charge in [-0.25, -0.2) is 4.98 Å². The van der Waals surface area contributed by atoms with Crippen LogP contribution in [0.4, 0.5) is 5.82 Å². The molecule has 0 aliphatic rings. The topological polar surface area (TPSA) is 51.2 Å². The van der Waals surface area contributed by atoms with Gasteiger partial charge in [0, 0.05) is 13.1 Å². The highest BCUT2D eigenvalue weighted by atomic mass is 16.5. The van der Waals surface area contributed by atoms with Gasteiger partial charge in [-0.2, -0.15) is 0 Å². The molecule has 0 saturated heterocycles. The fraction of sp³-hybridized carbons (Fsp3) is 0.200. The molecule has 0 aliphatic heterocycles. The van der Waals surface area contributed by atoms with Gasteiger partial charge in [0.15, 0.2) is 11.6 Å². The van der Waals surface area contributed by atoms with Crippen molar-refractivity contribution in [3.8, 4) is 5.75 Å². The number of nitrogens with one attached hydrogen (secondary N) is 1. The van der Waals surface area contributed by atoms with Crippen LogP contribution in [0.15, 0.2) is 42.6 Å². The van der Waals surface area contributed by atoms with Gasteiger partial charge in [-0.3, -0.25) is 4.79 Å². The average molecular weight is 256 g/mol. The SMILES string of the molecule is CC(=O)Nc1ncccc1OCc1ccccc1C. The van der Waals surface area contributed by atoms with E-state index in [-0.39, 0.29) is 5.91 Å². The van der Waals surface area contributed by atoms with Crippen LogP contribution in [0.2, 0.25) is 0 Å². The Morgan fingerprint density at radius 2 is 2.05 bits per heavy atom. The second-order valence-corrected chi connectivity index (χ2v) is 4.25. The van der Waals surface area contributed by atoms with Crippen molar-refractivity contribution in [3.63, 3.8) is 0 Å². The lowest BCUT2D eigenvalue weighted by Crippen LogP contribution is -2.09. The molecule has 0 aliphatic carbocycles. The van der Waals surface area contributed by atoms with Crippen molar-refractivity contribution < 1.29 is 9.53 Å². The van der Waals surface area contributed by atoms with Gasteiger partial charge in [-0.05, 0) is 30.2 Å². The molecule has 98 valence electrons. The zero-order chi connectivity index (χ0) is 13.7. The van der Waals surface area contributed by atoms with Crippen molar-refractivity contribution >= 4 is 11.7 Å². The summed E-state index contributed by atoms with van der Waals surface area (Å²) >= 11 is 0. The Kier molecular flexibility index (Phi) is 4.13. The lowest BCUT2D eigenvalue weighted by molar-refractivity contribution is -0.114. The molecule has 19 heavy (non-hydrogen) atoms. The third-order valence-electron chi connectivity index (χ3n) is 2.71. The Morgan fingerprint density at radius 3 is 2.79 bits per heavy atom. The normalized spacial score (nSPS) is 10.0. The van der Waals surface area contributed by atoms with Crippen molar-refractivity contribution in [2.75, 3.05) is 5.32 Å². The van der Waals surface area contributed by atoms with E-state index in [4.69, 9.17) is 4.74 Å². The molecule has 1 N–H and O–H groups in total. The van der Waals surface area contributed by atoms with Crippen LogP contribution >= 0.6 is 0 Å². The maximum absolute atomic E-state index is 11.1. The van der Waals surface area contributed by atoms with Crippen LogP contribution in [-0.4, -0.2) is 10.9 Å². The smallest absolute Gasteiger partial charge is 0.222 e. The van der Waals surface area contributed by atoms with Crippen molar-refractivity contribution in [2.45, 2.75) is 20.5 Å². The number of hydrogen-bond donors (Lipinski definition) is 1. The van der Waals surface area contributed by atoms with E-state index >= 15 is 0 Å². The zero-order valence-electron chi connectivity index (χ0n) is 11.0. The van der Waals surface area contributed by atoms with Crippen LogP contribution in [0, 0.1) is 6.92 Å². The fourth-order valence-electron chi connectivity index (χ4n) is 1.70. The number of ether oxygens (including phenoxy) is 1. The van der Waals surface area contributed by atoms with Gasteiger partial charge in [-0.1, -0.05) is 24.3 Å². The fourth-order valence-corrected chi connectivity index (χ4v) is 1.70. The first kappa shape index (κ1) is 13.1. The summed E-state index contributed by atoms with van der Waals surface area (Å²) in [4.78, 5) is 15.2. The van der Waals surface area contributed by atoms with Crippen LogP contribution in [0.3, 0.4) is 0 Å². The minimum absolute atomic E-state index is 0.167. The number of hydrogen-bond acceptors (Lipinski definition) is 3. The van der Waals surface area contributed by atoms with Crippen LogP contribution in [0.25, 0.3) is 0 Å². The molecule has 1 aromatic carbocycles. The molecule has 0 saturated carbocycles. The molecule has 1 heterocycles. The molecule has 0 spiro atoms. The lowest BCUT2D eigenvalue weighted by Gasteiger charge is -2.11. The van der Waals surface area contributed by atoms with E-state index < -0.39 is 0 Å². The first-order valence-corrected chi connectivity index (χ1v) is 6.06. The average Bonchev–Trinajstić information content (AvgIpc) is 2.39. The molecule has 4 heteroatoms. The predicted molar refractivity (Wildman–Crippen MR) is 74.1 cm³/mol. The van der Waals surface area contributed by atoms with Gasteiger partial charge in [0.05, 0.1) is 0 Å². The van der Waals surface area contributed by atoms with E-state index in [0.717, 1.165) is 5.56 Å². The van der Waals surface area contributed by atoms with Gasteiger partial charge in [-0.15, -0.1) is 0 Å². The number of amides is 1. The summed E-state index contributed by atoms with van der Waals surface area (Å²) < 4.78 is 5.73. The maximum Gasteiger partial charge on any atom is 0.222 e. The van der Waals surface area contributed by atoms with E-state index in [1.165, 1.54) is 12.5 Å². The quantitative estimate of drug-likeness (QED) is 0.915. The Hall–Kier alpha value is -2.36. The monoisotopic (exact) mass is 256 g/mol. The molecule has 0 unspecified atom stereocenters. The molecule has 1 amide bonds. The Morgan fingerprint density at radius 1 is 1.26 bits per heavy atom. The van der Waals surface area contributed by atoms with Gasteiger partial charge in [0.1, 0.15) is 6.61 Å². The molecule has 2 aromatic rings. The zero-order valence-corrected chi connectivity index (χ0v) is 11.0. The number of pyridine rings is 1. The number of aryl methyl sites for hydroxylation is 1. The third kappa shape index (κ3) is 3.55. The minimum Gasteiger partial charge on any atom is -0.485 e. The summed E-state index contributed by atoms with van der Waals surface area (Å²) in [5.74, 6) is 0.851. The number of nitrogens with zero attached hydrogens (tertiary/aromatic N) is 1. The Labute approximate surface area is 112 Å². The molecule has 0 fully saturated rings. The van der Waals surface area contributed by atoms with E-state index in [9.17, 15) is 4.79 Å². The highest BCUT2D eigenvalue weighted by molar-refractivity contribution is 5.89. The highest BCUT2D eigenvalue weighted by Crippen LogP contribution is 2.22. The molecule has 0 radical (unpaired) electrons. The van der Waals surface area contributed by atoms with Crippen LogP contribution in [0.5, 0.6) is 5.75 Å². The van der Waals surface area contributed by atoms with E-state index in [2.05, 4.69) is 10.3 Å². The molecular weight excluding hydrogens is 240 g/mol. The number of rotatable bonds is 4. The maximum atomic E-state index is 11.1. The summed E-state index contributed by atoms with van der Waals surface area (Å²) in [6.45, 7) is 3.93. The van der Waals surface area contributed by atoms with Crippen molar-refractivity contribution in [2.24, 2.45) is 0 Å². The summed E-state index contributed by atoms with van der Waals surface area (Å²) in [5, 5.41) is 2.65. The first-order valence-electron chi connectivity index (χ1n) is 6.06. The van der Waals surface area contributed by atoms with Gasteiger partial charge >= 0.3 is 0 Å². The van der Waals surface area contributed by atoms with E-state index in [0.29, 0.717) is 18.2 Å². The first-order chi connectivity index (χ1) is 9.16. The molecule has 2 rings (SSSR count). The van der Waals surface area contributed by atoms with Crippen LogP contribution < -0.4 is 10.1 Å². The second-order valence-electron chi connectivity index (χ2n) is 4.25. The molecule has 1 aromatic heterocycles. The summed E-state index contributed by atoms with van der Waals surface area (Å²) in [6.07, 6.45) is 1.62. The summed E-state index contributed by atoms with van der Waals surface area (Å²) in [6, 6.07) is 11.6. The second kappa shape index (κ2) is 6.00. The molecule has 0 atom stereocenters. The summed E-state index contributed by atoms with van der Waals surface area (Å²) in [7, 11) is 0. The van der Waals surface area contributed by atoms with Crippen molar-refractivity contribution in [3.05, 3.63) is 53.7 Å². The molecule has 0 bridgehead atoms. The van der Waals surface area contributed by atoms with E-state index in [1.54, 1.807) is 18.3 Å². The third-order valence-corrected chi connectivity index (χ3v) is 2.71. The van der Waals surface area contributed by atoms with Gasteiger partial charge in [0.2, 0.25) is 5.91 Å². The highest BCUT2D eigenvalue weighted by Gasteiger charge is 2.06. The van der Waals surface area contributed by atoms with Crippen LogP contribution in [0.1, 0.15) is 18.1 Å². The molecular formula is C15H16N2O2. The predicted octanol–water partition coefficient (Wildman–Crippen LogP) is 2.93. The Bertz CT molecular complexity index is 582. The number of anilines is 1. The summed E-state index contributed by atoms with van der Waals surface area (Å²) in [5.41, 5.74) is 2.28. The van der Waals surface area contributed by atoms with Gasteiger partial charge < -0.3 is 10.1 Å².